The molecule has 0 spiro atoms. The van der Waals surface area contributed by atoms with Crippen LogP contribution < -0.4 is 16.6 Å². The van der Waals surface area contributed by atoms with Gasteiger partial charge in [-0.1, -0.05) is 0 Å². The highest BCUT2D eigenvalue weighted by Gasteiger charge is 2.20. The molecule has 1 amide bonds. The zero-order valence-electron chi connectivity index (χ0n) is 15.8. The van der Waals surface area contributed by atoms with Crippen LogP contribution in [0.1, 0.15) is 18.4 Å². The lowest BCUT2D eigenvalue weighted by Gasteiger charge is -2.14. The van der Waals surface area contributed by atoms with Gasteiger partial charge in [-0.2, -0.15) is 0 Å². The lowest BCUT2D eigenvalue weighted by Crippen LogP contribution is -2.42. The maximum atomic E-state index is 13.7. The zero-order chi connectivity index (χ0) is 20.5. The molecule has 4 rings (SSSR count). The molecule has 1 fully saturated rings. The van der Waals surface area contributed by atoms with Gasteiger partial charge >= 0.3 is 5.69 Å². The topological polar surface area (TPSA) is 82.3 Å². The standard InChI is InChI=1S/C20H20FN3O4S/c1-12-9-13(4-5-15(12)21)24-19(26)18-16(6-8-29-18)23(20(24)27)11-17(25)22-10-14-3-2-7-28-14/h4-6,8-9,14H,2-3,7,10-11H2,1H3,(H,22,25). The minimum Gasteiger partial charge on any atom is -0.376 e. The number of amides is 1. The van der Waals surface area contributed by atoms with Gasteiger partial charge < -0.3 is 10.1 Å². The summed E-state index contributed by atoms with van der Waals surface area (Å²) in [5.74, 6) is -0.761. The summed E-state index contributed by atoms with van der Waals surface area (Å²) in [7, 11) is 0. The molecule has 2 aromatic heterocycles. The van der Waals surface area contributed by atoms with Crippen molar-refractivity contribution in [3.05, 3.63) is 61.9 Å². The van der Waals surface area contributed by atoms with E-state index in [1.54, 1.807) is 18.4 Å². The third-order valence-electron chi connectivity index (χ3n) is 5.01. The quantitative estimate of drug-likeness (QED) is 0.688. The van der Waals surface area contributed by atoms with E-state index in [2.05, 4.69) is 5.32 Å². The van der Waals surface area contributed by atoms with Crippen LogP contribution >= 0.6 is 11.3 Å². The summed E-state index contributed by atoms with van der Waals surface area (Å²) in [5.41, 5.74) is -0.128. The molecule has 3 heterocycles. The van der Waals surface area contributed by atoms with E-state index >= 15 is 0 Å². The summed E-state index contributed by atoms with van der Waals surface area (Å²) in [6.45, 7) is 2.42. The Hall–Kier alpha value is -2.78. The number of rotatable bonds is 5. The second kappa shape index (κ2) is 7.92. The monoisotopic (exact) mass is 417 g/mol. The molecular formula is C20H20FN3O4S. The van der Waals surface area contributed by atoms with E-state index in [-0.39, 0.29) is 24.2 Å². The van der Waals surface area contributed by atoms with Gasteiger partial charge in [-0.15, -0.1) is 11.3 Å². The van der Waals surface area contributed by atoms with E-state index in [9.17, 15) is 18.8 Å². The average molecular weight is 417 g/mol. The molecule has 152 valence electrons. The fourth-order valence-electron chi connectivity index (χ4n) is 3.47. The van der Waals surface area contributed by atoms with Crippen molar-refractivity contribution in [1.29, 1.82) is 0 Å². The molecule has 7 nitrogen and oxygen atoms in total. The van der Waals surface area contributed by atoms with Crippen molar-refractivity contribution in [3.8, 4) is 5.69 Å². The SMILES string of the molecule is Cc1cc(-n2c(=O)c3sccc3n(CC(=O)NCC3CCCO3)c2=O)ccc1F. The molecule has 1 aromatic carbocycles. The van der Waals surface area contributed by atoms with Gasteiger partial charge in [-0.05, 0) is 55.0 Å². The van der Waals surface area contributed by atoms with Gasteiger partial charge in [-0.3, -0.25) is 14.2 Å². The van der Waals surface area contributed by atoms with Crippen LogP contribution in [0, 0.1) is 12.7 Å². The summed E-state index contributed by atoms with van der Waals surface area (Å²) < 4.78 is 21.8. The van der Waals surface area contributed by atoms with Gasteiger partial charge in [0.25, 0.3) is 5.56 Å². The molecule has 1 atom stereocenters. The van der Waals surface area contributed by atoms with Gasteiger partial charge in [0.05, 0.1) is 17.3 Å². The van der Waals surface area contributed by atoms with Crippen LogP contribution in [-0.2, 0) is 16.1 Å². The highest BCUT2D eigenvalue weighted by molar-refractivity contribution is 7.17. The molecule has 1 saturated heterocycles. The summed E-state index contributed by atoms with van der Waals surface area (Å²) in [6.07, 6.45) is 1.86. The number of nitrogens with zero attached hydrogens (tertiary/aromatic N) is 2. The Morgan fingerprint density at radius 2 is 2.17 bits per heavy atom. The Bertz CT molecular complexity index is 1190. The van der Waals surface area contributed by atoms with E-state index in [0.717, 1.165) is 17.4 Å². The number of fused-ring (bicyclic) bond motifs is 1. The number of carbonyl (C=O) groups is 1. The van der Waals surface area contributed by atoms with E-state index in [1.165, 1.54) is 34.1 Å². The van der Waals surface area contributed by atoms with Crippen LogP contribution in [0.15, 0.2) is 39.2 Å². The second-order valence-electron chi connectivity index (χ2n) is 7.02. The number of thiophene rings is 1. The molecule has 9 heteroatoms. The lowest BCUT2D eigenvalue weighted by molar-refractivity contribution is -0.122. The highest BCUT2D eigenvalue weighted by Crippen LogP contribution is 2.17. The zero-order valence-corrected chi connectivity index (χ0v) is 16.6. The number of carbonyl (C=O) groups excluding carboxylic acids is 1. The first-order valence-corrected chi connectivity index (χ1v) is 10.2. The van der Waals surface area contributed by atoms with Crippen molar-refractivity contribution in [3.63, 3.8) is 0 Å². The van der Waals surface area contributed by atoms with Gasteiger partial charge in [-0.25, -0.2) is 13.8 Å². The van der Waals surface area contributed by atoms with Crippen molar-refractivity contribution < 1.29 is 13.9 Å². The predicted octanol–water partition coefficient (Wildman–Crippen LogP) is 1.96. The largest absolute Gasteiger partial charge is 0.376 e. The van der Waals surface area contributed by atoms with E-state index in [4.69, 9.17) is 4.74 Å². The summed E-state index contributed by atoms with van der Waals surface area (Å²) >= 11 is 1.19. The van der Waals surface area contributed by atoms with Crippen LogP contribution in [-0.4, -0.2) is 34.3 Å². The van der Waals surface area contributed by atoms with Crippen molar-refractivity contribution in [2.45, 2.75) is 32.4 Å². The first-order chi connectivity index (χ1) is 14.0. The van der Waals surface area contributed by atoms with E-state index in [0.29, 0.717) is 28.9 Å². The Balaban J connectivity index is 1.72. The van der Waals surface area contributed by atoms with Crippen LogP contribution in [0.5, 0.6) is 0 Å². The smallest absolute Gasteiger partial charge is 0.336 e. The third-order valence-corrected chi connectivity index (χ3v) is 5.90. The fourth-order valence-corrected chi connectivity index (χ4v) is 4.29. The normalized spacial score (nSPS) is 16.4. The van der Waals surface area contributed by atoms with Gasteiger partial charge in [0.2, 0.25) is 5.91 Å². The van der Waals surface area contributed by atoms with Crippen LogP contribution in [0.4, 0.5) is 4.39 Å². The minimum absolute atomic E-state index is 0.00650. The summed E-state index contributed by atoms with van der Waals surface area (Å²) in [4.78, 5) is 38.5. The number of hydrogen-bond acceptors (Lipinski definition) is 5. The second-order valence-corrected chi connectivity index (χ2v) is 7.93. The van der Waals surface area contributed by atoms with Gasteiger partial charge in [0, 0.05) is 13.2 Å². The van der Waals surface area contributed by atoms with Crippen LogP contribution in [0.25, 0.3) is 15.9 Å². The molecule has 1 unspecified atom stereocenters. The molecule has 1 aliphatic rings. The van der Waals surface area contributed by atoms with Crippen molar-refractivity contribution in [2.75, 3.05) is 13.2 Å². The highest BCUT2D eigenvalue weighted by atomic mass is 32.1. The first-order valence-electron chi connectivity index (χ1n) is 9.33. The Kier molecular flexibility index (Phi) is 5.33. The van der Waals surface area contributed by atoms with Crippen LogP contribution in [0.3, 0.4) is 0 Å². The molecule has 0 aliphatic carbocycles. The molecule has 3 aromatic rings. The van der Waals surface area contributed by atoms with E-state index in [1.807, 2.05) is 0 Å². The molecule has 1 aliphatic heterocycles. The maximum absolute atomic E-state index is 13.7. The minimum atomic E-state index is -0.640. The average Bonchev–Trinajstić information content (AvgIpc) is 3.38. The molecular weight excluding hydrogens is 397 g/mol. The maximum Gasteiger partial charge on any atom is 0.336 e. The number of ether oxygens (including phenoxy) is 1. The van der Waals surface area contributed by atoms with Crippen LogP contribution in [0.2, 0.25) is 0 Å². The van der Waals surface area contributed by atoms with Gasteiger partial charge in [0.1, 0.15) is 17.1 Å². The van der Waals surface area contributed by atoms with E-state index < -0.39 is 17.1 Å². The number of aryl methyl sites for hydroxylation is 1. The third kappa shape index (κ3) is 3.75. The number of hydrogen-bond donors (Lipinski definition) is 1. The number of aromatic nitrogens is 2. The Morgan fingerprint density at radius 3 is 2.90 bits per heavy atom. The van der Waals surface area contributed by atoms with Crippen molar-refractivity contribution in [1.82, 2.24) is 14.5 Å². The molecule has 29 heavy (non-hydrogen) atoms. The number of nitrogens with one attached hydrogen (secondary N) is 1. The fraction of sp³-hybridized carbons (Fsp3) is 0.350. The summed E-state index contributed by atoms with van der Waals surface area (Å²) in [6, 6.07) is 5.69. The van der Waals surface area contributed by atoms with Crippen molar-refractivity contribution >= 4 is 27.5 Å². The molecule has 0 radical (unpaired) electrons. The van der Waals surface area contributed by atoms with Crippen molar-refractivity contribution in [2.24, 2.45) is 0 Å². The number of halogens is 1. The first kappa shape index (κ1) is 19.5. The molecule has 1 N–H and O–H groups in total. The van der Waals surface area contributed by atoms with Gasteiger partial charge in [0.15, 0.2) is 0 Å². The molecule has 0 saturated carbocycles. The predicted molar refractivity (Wildman–Crippen MR) is 108 cm³/mol. The lowest BCUT2D eigenvalue weighted by atomic mass is 10.2. The Labute approximate surface area is 169 Å². The Morgan fingerprint density at radius 1 is 1.34 bits per heavy atom. The molecule has 0 bridgehead atoms. The number of benzene rings is 1. The summed E-state index contributed by atoms with van der Waals surface area (Å²) in [5, 5.41) is 4.49.